The first kappa shape index (κ1) is 13.5. The molecule has 0 aliphatic carbocycles. The van der Waals surface area contributed by atoms with E-state index >= 15 is 0 Å². The summed E-state index contributed by atoms with van der Waals surface area (Å²) in [6.07, 6.45) is 1.78. The number of halogens is 1. The Balaban J connectivity index is 1.98. The Morgan fingerprint density at radius 2 is 2.00 bits per heavy atom. The number of anilines is 1. The van der Waals surface area contributed by atoms with Crippen molar-refractivity contribution in [1.29, 1.82) is 0 Å². The van der Waals surface area contributed by atoms with E-state index in [9.17, 15) is 9.18 Å². The first-order chi connectivity index (χ1) is 9.66. The molecule has 2 aromatic rings. The van der Waals surface area contributed by atoms with E-state index in [2.05, 4.69) is 0 Å². The highest BCUT2D eigenvalue weighted by Crippen LogP contribution is 2.37. The summed E-state index contributed by atoms with van der Waals surface area (Å²) in [4.78, 5) is 15.1. The van der Waals surface area contributed by atoms with Crippen molar-refractivity contribution >= 4 is 57.3 Å². The number of para-hydroxylation sites is 1. The highest BCUT2D eigenvalue weighted by Gasteiger charge is 2.34. The van der Waals surface area contributed by atoms with Gasteiger partial charge in [-0.05, 0) is 29.7 Å². The lowest BCUT2D eigenvalue weighted by Gasteiger charge is -2.14. The molecule has 0 unspecified atom stereocenters. The van der Waals surface area contributed by atoms with Gasteiger partial charge in [0.05, 0.1) is 10.6 Å². The van der Waals surface area contributed by atoms with Gasteiger partial charge >= 0.3 is 0 Å². The molecule has 1 saturated heterocycles. The second-order valence-electron chi connectivity index (χ2n) is 3.98. The van der Waals surface area contributed by atoms with E-state index in [1.807, 2.05) is 17.5 Å². The monoisotopic (exact) mass is 321 g/mol. The van der Waals surface area contributed by atoms with Crippen molar-refractivity contribution in [3.63, 3.8) is 0 Å². The topological polar surface area (TPSA) is 20.3 Å². The third-order valence-corrected chi connectivity index (χ3v) is 4.83. The van der Waals surface area contributed by atoms with Gasteiger partial charge < -0.3 is 0 Å². The minimum absolute atomic E-state index is 0.199. The van der Waals surface area contributed by atoms with Gasteiger partial charge in [-0.15, -0.1) is 11.3 Å². The molecule has 1 aliphatic rings. The molecule has 0 spiro atoms. The summed E-state index contributed by atoms with van der Waals surface area (Å²) in [5.41, 5.74) is 0.199. The summed E-state index contributed by atoms with van der Waals surface area (Å²) in [5, 5.41) is 1.93. The molecule has 0 saturated carbocycles. The Morgan fingerprint density at radius 1 is 1.20 bits per heavy atom. The van der Waals surface area contributed by atoms with Crippen molar-refractivity contribution < 1.29 is 9.18 Å². The normalized spacial score (nSPS) is 17.2. The van der Waals surface area contributed by atoms with Gasteiger partial charge in [0, 0.05) is 4.88 Å². The number of thioether (sulfide) groups is 1. The lowest BCUT2D eigenvalue weighted by molar-refractivity contribution is -0.113. The molecule has 1 aromatic carbocycles. The van der Waals surface area contributed by atoms with Crippen LogP contribution < -0.4 is 4.90 Å². The number of carbonyl (C=O) groups excluding carboxylic acids is 1. The SMILES string of the molecule is O=C1/C(=C\c2cccs2)SC(=S)N1c1ccccc1F. The van der Waals surface area contributed by atoms with Crippen LogP contribution in [0.25, 0.3) is 6.08 Å². The third kappa shape index (κ3) is 2.42. The number of hydrogen-bond donors (Lipinski definition) is 0. The fraction of sp³-hybridized carbons (Fsp3) is 0. The van der Waals surface area contributed by atoms with Gasteiger partial charge in [0.25, 0.3) is 5.91 Å². The molecule has 1 aromatic heterocycles. The van der Waals surface area contributed by atoms with Crippen LogP contribution in [0.1, 0.15) is 4.88 Å². The predicted octanol–water partition coefficient (Wildman–Crippen LogP) is 4.29. The predicted molar refractivity (Wildman–Crippen MR) is 86.4 cm³/mol. The standard InChI is InChI=1S/C14H8FNOS3/c15-10-5-1-2-6-11(10)16-13(17)12(20-14(16)18)8-9-4-3-7-19-9/h1-8H/b12-8+. The lowest BCUT2D eigenvalue weighted by atomic mass is 10.2. The van der Waals surface area contributed by atoms with E-state index in [0.29, 0.717) is 9.23 Å². The average Bonchev–Trinajstić information content (AvgIpc) is 3.01. The van der Waals surface area contributed by atoms with E-state index < -0.39 is 5.82 Å². The molecule has 1 amide bonds. The number of amides is 1. The van der Waals surface area contributed by atoms with Crippen LogP contribution in [0.4, 0.5) is 10.1 Å². The Kier molecular flexibility index (Phi) is 3.69. The van der Waals surface area contributed by atoms with E-state index in [1.165, 1.54) is 34.1 Å². The van der Waals surface area contributed by atoms with E-state index in [4.69, 9.17) is 12.2 Å². The van der Waals surface area contributed by atoms with Crippen LogP contribution in [-0.2, 0) is 4.79 Å². The molecule has 1 fully saturated rings. The fourth-order valence-corrected chi connectivity index (χ4v) is 3.82. The number of nitrogens with zero attached hydrogens (tertiary/aromatic N) is 1. The minimum Gasteiger partial charge on any atom is -0.268 e. The molecule has 6 heteroatoms. The van der Waals surface area contributed by atoms with Gasteiger partial charge in [-0.3, -0.25) is 9.69 Å². The van der Waals surface area contributed by atoms with Gasteiger partial charge in [0.1, 0.15) is 5.82 Å². The number of thiophene rings is 1. The van der Waals surface area contributed by atoms with E-state index in [-0.39, 0.29) is 11.6 Å². The maximum absolute atomic E-state index is 13.8. The highest BCUT2D eigenvalue weighted by molar-refractivity contribution is 8.27. The number of thiocarbonyl (C=S) groups is 1. The molecular weight excluding hydrogens is 313 g/mol. The average molecular weight is 321 g/mol. The smallest absolute Gasteiger partial charge is 0.268 e. The van der Waals surface area contributed by atoms with Crippen LogP contribution in [0, 0.1) is 5.82 Å². The Bertz CT molecular complexity index is 709. The third-order valence-electron chi connectivity index (χ3n) is 2.70. The number of rotatable bonds is 2. The molecule has 1 aliphatic heterocycles. The molecule has 0 radical (unpaired) electrons. The first-order valence-electron chi connectivity index (χ1n) is 5.73. The quantitative estimate of drug-likeness (QED) is 0.608. The molecule has 0 bridgehead atoms. The molecule has 100 valence electrons. The van der Waals surface area contributed by atoms with Crippen molar-refractivity contribution in [2.24, 2.45) is 0 Å². The van der Waals surface area contributed by atoms with Gasteiger partial charge in [0.2, 0.25) is 0 Å². The van der Waals surface area contributed by atoms with Crippen LogP contribution in [0.5, 0.6) is 0 Å². The maximum atomic E-state index is 13.8. The zero-order valence-electron chi connectivity index (χ0n) is 10.1. The molecule has 2 nitrogen and oxygen atoms in total. The van der Waals surface area contributed by atoms with Gasteiger partial charge in [-0.2, -0.15) is 0 Å². The zero-order valence-corrected chi connectivity index (χ0v) is 12.5. The van der Waals surface area contributed by atoms with Crippen LogP contribution in [0.3, 0.4) is 0 Å². The van der Waals surface area contributed by atoms with E-state index in [1.54, 1.807) is 24.3 Å². The Morgan fingerprint density at radius 3 is 2.70 bits per heavy atom. The van der Waals surface area contributed by atoms with Gasteiger partial charge in [-0.25, -0.2) is 4.39 Å². The van der Waals surface area contributed by atoms with Gasteiger partial charge in [-0.1, -0.05) is 42.2 Å². The van der Waals surface area contributed by atoms with Crippen LogP contribution in [0.15, 0.2) is 46.7 Å². The second-order valence-corrected chi connectivity index (χ2v) is 6.64. The Hall–Kier alpha value is -1.50. The summed E-state index contributed by atoms with van der Waals surface area (Å²) in [6, 6.07) is 9.96. The van der Waals surface area contributed by atoms with Crippen LogP contribution in [-0.4, -0.2) is 10.2 Å². The maximum Gasteiger partial charge on any atom is 0.270 e. The van der Waals surface area contributed by atoms with Crippen LogP contribution in [0.2, 0.25) is 0 Å². The summed E-state index contributed by atoms with van der Waals surface area (Å²) in [7, 11) is 0. The molecular formula is C14H8FNOS3. The molecule has 0 atom stereocenters. The molecule has 0 N–H and O–H groups in total. The van der Waals surface area contributed by atoms with Crippen molar-refractivity contribution in [2.45, 2.75) is 0 Å². The zero-order chi connectivity index (χ0) is 14.1. The summed E-state index contributed by atoms with van der Waals surface area (Å²) >= 11 is 7.92. The fourth-order valence-electron chi connectivity index (χ4n) is 1.81. The summed E-state index contributed by atoms with van der Waals surface area (Å²) in [5.74, 6) is -0.736. The molecule has 3 rings (SSSR count). The molecule has 20 heavy (non-hydrogen) atoms. The van der Waals surface area contributed by atoms with Crippen molar-refractivity contribution in [3.8, 4) is 0 Å². The number of carbonyl (C=O) groups is 1. The van der Waals surface area contributed by atoms with E-state index in [0.717, 1.165) is 4.88 Å². The number of hydrogen-bond acceptors (Lipinski definition) is 4. The minimum atomic E-state index is -0.457. The lowest BCUT2D eigenvalue weighted by Crippen LogP contribution is -2.28. The van der Waals surface area contributed by atoms with Crippen molar-refractivity contribution in [3.05, 3.63) is 57.4 Å². The van der Waals surface area contributed by atoms with Crippen molar-refractivity contribution in [2.75, 3.05) is 4.90 Å². The Labute approximate surface area is 128 Å². The van der Waals surface area contributed by atoms with Gasteiger partial charge in [0.15, 0.2) is 4.32 Å². The van der Waals surface area contributed by atoms with Crippen molar-refractivity contribution in [1.82, 2.24) is 0 Å². The summed E-state index contributed by atoms with van der Waals surface area (Å²) in [6.45, 7) is 0. The molecule has 2 heterocycles. The second kappa shape index (κ2) is 5.47. The largest absolute Gasteiger partial charge is 0.270 e. The summed E-state index contributed by atoms with van der Waals surface area (Å²) < 4.78 is 14.2. The number of benzene rings is 1. The van der Waals surface area contributed by atoms with Crippen LogP contribution >= 0.6 is 35.3 Å². The highest BCUT2D eigenvalue weighted by atomic mass is 32.2. The first-order valence-corrected chi connectivity index (χ1v) is 7.83.